The average Bonchev–Trinajstić information content (AvgIpc) is 2.66. The van der Waals surface area contributed by atoms with Gasteiger partial charge in [0, 0.05) is 12.8 Å². The first-order valence-corrected chi connectivity index (χ1v) is 7.24. The zero-order valence-corrected chi connectivity index (χ0v) is 10.7. The molecule has 1 aliphatic carbocycles. The molecule has 1 N–H and O–H groups in total. The van der Waals surface area contributed by atoms with E-state index in [0.717, 1.165) is 25.7 Å². The highest BCUT2D eigenvalue weighted by Crippen LogP contribution is 2.41. The third kappa shape index (κ3) is 2.84. The van der Waals surface area contributed by atoms with Crippen molar-refractivity contribution in [1.82, 2.24) is 0 Å². The normalized spacial score (nSPS) is 32.3. The van der Waals surface area contributed by atoms with Crippen LogP contribution in [0.4, 0.5) is 0 Å². The zero-order valence-electron chi connectivity index (χ0n) is 9.93. The molecule has 0 bridgehead atoms. The van der Waals surface area contributed by atoms with Gasteiger partial charge in [-0.1, -0.05) is 6.42 Å². The summed E-state index contributed by atoms with van der Waals surface area (Å²) in [5.74, 6) is -1.59. The predicted molar refractivity (Wildman–Crippen MR) is 65.9 cm³/mol. The molecule has 17 heavy (non-hydrogen) atoms. The number of carboxylic acid groups (broad SMARTS) is 1. The maximum atomic E-state index is 11.2. The molecule has 1 aliphatic heterocycles. The number of rotatable bonds is 3. The molecule has 1 heterocycles. The van der Waals surface area contributed by atoms with Gasteiger partial charge in [-0.15, -0.1) is 11.8 Å². The maximum Gasteiger partial charge on any atom is 0.336 e. The number of hydrogen-bond acceptors (Lipinski definition) is 4. The van der Waals surface area contributed by atoms with Crippen molar-refractivity contribution in [3.8, 4) is 0 Å². The van der Waals surface area contributed by atoms with Crippen molar-refractivity contribution in [3.63, 3.8) is 0 Å². The molecular formula is C12H18O4S. The van der Waals surface area contributed by atoms with Crippen LogP contribution >= 0.6 is 11.8 Å². The van der Waals surface area contributed by atoms with Crippen molar-refractivity contribution >= 4 is 17.7 Å². The van der Waals surface area contributed by atoms with Gasteiger partial charge >= 0.3 is 5.97 Å². The summed E-state index contributed by atoms with van der Waals surface area (Å²) in [6.07, 6.45) is 7.27. The fraction of sp³-hybridized carbons (Fsp3) is 0.750. The molecule has 2 rings (SSSR count). The van der Waals surface area contributed by atoms with Gasteiger partial charge in [0.05, 0.1) is 0 Å². The fourth-order valence-electron chi connectivity index (χ4n) is 2.45. The van der Waals surface area contributed by atoms with Gasteiger partial charge in [-0.25, -0.2) is 4.79 Å². The van der Waals surface area contributed by atoms with Crippen molar-refractivity contribution in [3.05, 3.63) is 11.5 Å². The van der Waals surface area contributed by atoms with E-state index in [1.165, 1.54) is 18.2 Å². The largest absolute Gasteiger partial charge is 0.479 e. The molecular weight excluding hydrogens is 240 g/mol. The van der Waals surface area contributed by atoms with Crippen LogP contribution in [0.1, 0.15) is 32.1 Å². The molecule has 0 aromatic rings. The third-order valence-electron chi connectivity index (χ3n) is 3.25. The lowest BCUT2D eigenvalue weighted by atomic mass is 9.94. The first kappa shape index (κ1) is 12.9. The minimum atomic E-state index is -0.941. The molecule has 0 aromatic heterocycles. The fourth-order valence-corrected chi connectivity index (χ4v) is 2.76. The Morgan fingerprint density at radius 3 is 2.65 bits per heavy atom. The van der Waals surface area contributed by atoms with Crippen LogP contribution in [0.2, 0.25) is 0 Å². The van der Waals surface area contributed by atoms with Crippen LogP contribution in [0.25, 0.3) is 0 Å². The summed E-state index contributed by atoms with van der Waals surface area (Å²) >= 11 is 1.53. The lowest BCUT2D eigenvalue weighted by Gasteiger charge is -2.31. The van der Waals surface area contributed by atoms with Gasteiger partial charge < -0.3 is 14.6 Å². The molecule has 0 unspecified atom stereocenters. The number of hydrogen-bond donors (Lipinski definition) is 1. The van der Waals surface area contributed by atoms with Gasteiger partial charge in [-0.2, -0.15) is 0 Å². The zero-order chi connectivity index (χ0) is 12.3. The van der Waals surface area contributed by atoms with Crippen molar-refractivity contribution in [2.45, 2.75) is 50.1 Å². The lowest BCUT2D eigenvalue weighted by molar-refractivity contribution is -0.196. The minimum Gasteiger partial charge on any atom is -0.479 e. The second-order valence-electron chi connectivity index (χ2n) is 4.49. The van der Waals surface area contributed by atoms with Gasteiger partial charge in [-0.05, 0) is 30.6 Å². The molecule has 2 aliphatic rings. The van der Waals surface area contributed by atoms with E-state index >= 15 is 0 Å². The van der Waals surface area contributed by atoms with E-state index < -0.39 is 24.0 Å². The Balaban J connectivity index is 2.10. The molecule has 4 nitrogen and oxygen atoms in total. The molecule has 1 spiro atoms. The molecule has 2 fully saturated rings. The molecule has 2 atom stereocenters. The van der Waals surface area contributed by atoms with Crippen LogP contribution in [0.3, 0.4) is 0 Å². The van der Waals surface area contributed by atoms with Crippen LogP contribution in [-0.4, -0.2) is 35.3 Å². The summed E-state index contributed by atoms with van der Waals surface area (Å²) in [4.78, 5) is 11.2. The summed E-state index contributed by atoms with van der Waals surface area (Å²) in [6.45, 7) is 0. The predicted octanol–water partition coefficient (Wildman–Crippen LogP) is 2.39. The van der Waals surface area contributed by atoms with E-state index in [0.29, 0.717) is 0 Å². The van der Waals surface area contributed by atoms with E-state index in [9.17, 15) is 4.79 Å². The van der Waals surface area contributed by atoms with Gasteiger partial charge in [0.25, 0.3) is 0 Å². The number of thioether (sulfide) groups is 1. The van der Waals surface area contributed by atoms with Crippen LogP contribution in [0.5, 0.6) is 0 Å². The van der Waals surface area contributed by atoms with E-state index in [-0.39, 0.29) is 0 Å². The van der Waals surface area contributed by atoms with E-state index in [1.807, 2.05) is 11.7 Å². The standard InChI is InChI=1S/C12H18O4S/c1-17-8-5-9-10(11(13)14)16-12(15-9)6-3-2-4-7-12/h5,8-10H,2-4,6-7H2,1H3,(H,13,14)/b8-5+/t9-,10-/m1/s1. The Hall–Kier alpha value is -0.520. The Bertz CT molecular complexity index is 310. The van der Waals surface area contributed by atoms with E-state index in [2.05, 4.69) is 0 Å². The quantitative estimate of drug-likeness (QED) is 0.842. The number of aliphatic carboxylic acids is 1. The van der Waals surface area contributed by atoms with Crippen molar-refractivity contribution in [2.24, 2.45) is 0 Å². The lowest BCUT2D eigenvalue weighted by Crippen LogP contribution is -2.34. The van der Waals surface area contributed by atoms with Crippen LogP contribution in [0, 0.1) is 0 Å². The van der Waals surface area contributed by atoms with Gasteiger partial charge in [0.15, 0.2) is 11.9 Å². The second-order valence-corrected chi connectivity index (χ2v) is 5.24. The minimum absolute atomic E-state index is 0.460. The highest BCUT2D eigenvalue weighted by Gasteiger charge is 2.49. The average molecular weight is 258 g/mol. The number of carbonyl (C=O) groups is 1. The van der Waals surface area contributed by atoms with Gasteiger partial charge in [0.2, 0.25) is 0 Å². The summed E-state index contributed by atoms with van der Waals surface area (Å²) in [7, 11) is 0. The van der Waals surface area contributed by atoms with Gasteiger partial charge in [0.1, 0.15) is 6.10 Å². The number of ether oxygens (including phenoxy) is 2. The van der Waals surface area contributed by atoms with Crippen molar-refractivity contribution < 1.29 is 19.4 Å². The van der Waals surface area contributed by atoms with Crippen LogP contribution in [-0.2, 0) is 14.3 Å². The second kappa shape index (κ2) is 5.42. The monoisotopic (exact) mass is 258 g/mol. The third-order valence-corrected chi connectivity index (χ3v) is 3.68. The molecule has 96 valence electrons. The molecule has 0 aromatic carbocycles. The summed E-state index contributed by atoms with van der Waals surface area (Å²) in [5, 5.41) is 11.0. The van der Waals surface area contributed by atoms with Crippen LogP contribution in [0.15, 0.2) is 11.5 Å². The Labute approximate surface area is 105 Å². The summed E-state index contributed by atoms with van der Waals surface area (Å²) < 4.78 is 11.5. The first-order chi connectivity index (χ1) is 8.17. The smallest absolute Gasteiger partial charge is 0.336 e. The van der Waals surface area contributed by atoms with Gasteiger partial charge in [-0.3, -0.25) is 0 Å². The first-order valence-electron chi connectivity index (χ1n) is 5.95. The molecule has 1 saturated carbocycles. The Morgan fingerprint density at radius 2 is 2.06 bits per heavy atom. The molecule has 0 amide bonds. The topological polar surface area (TPSA) is 55.8 Å². The van der Waals surface area contributed by atoms with E-state index in [1.54, 1.807) is 6.08 Å². The molecule has 0 radical (unpaired) electrons. The molecule has 5 heteroatoms. The highest BCUT2D eigenvalue weighted by molar-refractivity contribution is 8.01. The summed E-state index contributed by atoms with van der Waals surface area (Å²) in [6, 6.07) is 0. The van der Waals surface area contributed by atoms with Crippen molar-refractivity contribution in [2.75, 3.05) is 6.26 Å². The van der Waals surface area contributed by atoms with Crippen LogP contribution < -0.4 is 0 Å². The number of carboxylic acids is 1. The SMILES string of the molecule is CS/C=C/[C@H]1OC2(CCCCC2)O[C@H]1C(=O)O. The Kier molecular flexibility index (Phi) is 4.12. The Morgan fingerprint density at radius 1 is 1.35 bits per heavy atom. The summed E-state index contributed by atoms with van der Waals surface area (Å²) in [5.41, 5.74) is 0. The van der Waals surface area contributed by atoms with E-state index in [4.69, 9.17) is 14.6 Å². The highest BCUT2D eigenvalue weighted by atomic mass is 32.2. The van der Waals surface area contributed by atoms with Crippen molar-refractivity contribution in [1.29, 1.82) is 0 Å². The maximum absolute atomic E-state index is 11.2. The molecule has 1 saturated heterocycles.